The van der Waals surface area contributed by atoms with Crippen LogP contribution in [0.5, 0.6) is 5.75 Å². The summed E-state index contributed by atoms with van der Waals surface area (Å²) in [7, 11) is 2.22. The average molecular weight is 570 g/mol. The number of ether oxygens (including phenoxy) is 2. The van der Waals surface area contributed by atoms with Gasteiger partial charge in [0.25, 0.3) is 0 Å². The van der Waals surface area contributed by atoms with Gasteiger partial charge in [-0.05, 0) is 41.5 Å². The number of allylic oxidation sites excluding steroid dienone is 3. The van der Waals surface area contributed by atoms with Crippen molar-refractivity contribution >= 4 is 21.5 Å². The largest absolute Gasteiger partial charge is 0.497 e. The SMILES string of the molecule is COC(/C=C(/F)Cc1c2cc(F)ccc2c(-c2c(F)cc(OC)cc2F)c2c(F)c(F)c(F)c(F)c12)=C/C(C)F. The van der Waals surface area contributed by atoms with Crippen LogP contribution in [0.15, 0.2) is 54.1 Å². The third kappa shape index (κ3) is 5.07. The fourth-order valence-electron chi connectivity index (χ4n) is 4.53. The van der Waals surface area contributed by atoms with E-state index in [2.05, 4.69) is 0 Å². The van der Waals surface area contributed by atoms with Gasteiger partial charge in [-0.2, -0.15) is 0 Å². The molecule has 0 aromatic heterocycles. The fourth-order valence-corrected chi connectivity index (χ4v) is 4.53. The molecule has 2 nitrogen and oxygen atoms in total. The normalized spacial score (nSPS) is 13.3. The maximum absolute atomic E-state index is 15.4. The summed E-state index contributed by atoms with van der Waals surface area (Å²) in [6, 6.07) is 3.96. The van der Waals surface area contributed by atoms with E-state index in [1.165, 1.54) is 0 Å². The zero-order chi connectivity index (χ0) is 29.5. The van der Waals surface area contributed by atoms with Crippen LogP contribution in [0.3, 0.4) is 0 Å². The van der Waals surface area contributed by atoms with Crippen molar-refractivity contribution in [1.29, 1.82) is 0 Å². The van der Waals surface area contributed by atoms with Gasteiger partial charge < -0.3 is 9.47 Å². The lowest BCUT2D eigenvalue weighted by atomic mass is 9.86. The van der Waals surface area contributed by atoms with Crippen molar-refractivity contribution in [1.82, 2.24) is 0 Å². The third-order valence-corrected chi connectivity index (χ3v) is 6.17. The first-order chi connectivity index (χ1) is 18.9. The molecule has 0 aliphatic rings. The first-order valence-corrected chi connectivity index (χ1v) is 11.6. The molecule has 0 fully saturated rings. The molecule has 0 saturated heterocycles. The Labute approximate surface area is 221 Å². The van der Waals surface area contributed by atoms with Gasteiger partial charge in [-0.3, -0.25) is 0 Å². The number of hydrogen-bond acceptors (Lipinski definition) is 2. The minimum Gasteiger partial charge on any atom is -0.497 e. The van der Waals surface area contributed by atoms with Crippen LogP contribution in [-0.4, -0.2) is 20.4 Å². The number of rotatable bonds is 7. The van der Waals surface area contributed by atoms with Crippen molar-refractivity contribution < 1.29 is 49.0 Å². The quantitative estimate of drug-likeness (QED) is 0.0552. The second kappa shape index (κ2) is 11.1. The van der Waals surface area contributed by atoms with Gasteiger partial charge in [0.2, 0.25) is 0 Å². The average Bonchev–Trinajstić information content (AvgIpc) is 2.90. The second-order valence-electron chi connectivity index (χ2n) is 8.73. The standard InChI is InChI=1S/C29H19F9O2/c1-12(30)6-15(39-2)7-14(32)9-19-18-8-13(31)4-5-17(18)22(24-20(33)10-16(40-3)11-21(24)34)25-23(19)26(35)28(37)29(38)27(25)36/h4-8,10-12H,9H2,1-3H3/b14-7+,15-6+. The lowest BCUT2D eigenvalue weighted by Crippen LogP contribution is -2.06. The molecule has 0 radical (unpaired) electrons. The van der Waals surface area contributed by atoms with Crippen molar-refractivity contribution in [2.45, 2.75) is 19.5 Å². The number of methoxy groups -OCH3 is 2. The Balaban J connectivity index is 2.22. The molecule has 0 saturated carbocycles. The molecular formula is C29H19F9O2. The van der Waals surface area contributed by atoms with Crippen LogP contribution in [0.1, 0.15) is 12.5 Å². The highest BCUT2D eigenvalue weighted by Gasteiger charge is 2.30. The van der Waals surface area contributed by atoms with Gasteiger partial charge in [-0.25, -0.2) is 39.5 Å². The molecule has 4 aromatic rings. The predicted octanol–water partition coefficient (Wildman–Crippen LogP) is 8.93. The van der Waals surface area contributed by atoms with Gasteiger partial charge in [-0.1, -0.05) is 6.07 Å². The molecule has 0 heterocycles. The summed E-state index contributed by atoms with van der Waals surface area (Å²) in [6.07, 6.45) is -0.944. The molecule has 11 heteroatoms. The van der Waals surface area contributed by atoms with Crippen LogP contribution >= 0.6 is 0 Å². The predicted molar refractivity (Wildman–Crippen MR) is 132 cm³/mol. The summed E-state index contributed by atoms with van der Waals surface area (Å²) in [5.41, 5.74) is -2.32. The zero-order valence-electron chi connectivity index (χ0n) is 21.0. The van der Waals surface area contributed by atoms with Crippen molar-refractivity contribution in [3.8, 4) is 16.9 Å². The molecular weight excluding hydrogens is 551 g/mol. The maximum Gasteiger partial charge on any atom is 0.198 e. The summed E-state index contributed by atoms with van der Waals surface area (Å²) in [5, 5.41) is -2.90. The summed E-state index contributed by atoms with van der Waals surface area (Å²) in [4.78, 5) is 0. The Morgan fingerprint density at radius 3 is 1.95 bits per heavy atom. The van der Waals surface area contributed by atoms with Gasteiger partial charge in [0.05, 0.1) is 19.8 Å². The molecule has 4 aromatic carbocycles. The number of fused-ring (bicyclic) bond motifs is 2. The zero-order valence-corrected chi connectivity index (χ0v) is 21.0. The molecule has 0 aliphatic heterocycles. The third-order valence-electron chi connectivity index (χ3n) is 6.17. The number of hydrogen-bond donors (Lipinski definition) is 0. The first kappa shape index (κ1) is 28.8. The first-order valence-electron chi connectivity index (χ1n) is 11.6. The monoisotopic (exact) mass is 570 g/mol. The summed E-state index contributed by atoms with van der Waals surface area (Å²) < 4.78 is 143. The highest BCUT2D eigenvalue weighted by molar-refractivity contribution is 6.15. The van der Waals surface area contributed by atoms with Crippen LogP contribution in [0.25, 0.3) is 32.7 Å². The topological polar surface area (TPSA) is 18.5 Å². The summed E-state index contributed by atoms with van der Waals surface area (Å²) in [5.74, 6) is -14.0. The lowest BCUT2D eigenvalue weighted by Gasteiger charge is -2.20. The van der Waals surface area contributed by atoms with E-state index in [1.807, 2.05) is 0 Å². The molecule has 210 valence electrons. The Bertz CT molecular complexity index is 1690. The van der Waals surface area contributed by atoms with Crippen LogP contribution < -0.4 is 4.74 Å². The molecule has 1 unspecified atom stereocenters. The molecule has 0 N–H and O–H groups in total. The Morgan fingerprint density at radius 2 is 1.40 bits per heavy atom. The Hall–Kier alpha value is -4.15. The molecule has 0 spiro atoms. The Kier molecular flexibility index (Phi) is 8.04. The summed E-state index contributed by atoms with van der Waals surface area (Å²) in [6.45, 7) is 1.13. The minimum absolute atomic E-state index is 0.282. The summed E-state index contributed by atoms with van der Waals surface area (Å²) >= 11 is 0. The van der Waals surface area contributed by atoms with Gasteiger partial charge >= 0.3 is 0 Å². The number of halogens is 9. The van der Waals surface area contributed by atoms with Crippen molar-refractivity contribution in [2.75, 3.05) is 14.2 Å². The van der Waals surface area contributed by atoms with Gasteiger partial charge in [0.15, 0.2) is 23.3 Å². The number of alkyl halides is 1. The molecule has 0 amide bonds. The van der Waals surface area contributed by atoms with E-state index >= 15 is 22.0 Å². The molecule has 0 bridgehead atoms. The van der Waals surface area contributed by atoms with Gasteiger partial charge in [0, 0.05) is 41.0 Å². The lowest BCUT2D eigenvalue weighted by molar-refractivity contribution is 0.295. The van der Waals surface area contributed by atoms with E-state index in [9.17, 15) is 17.6 Å². The van der Waals surface area contributed by atoms with E-state index in [4.69, 9.17) is 9.47 Å². The highest BCUT2D eigenvalue weighted by atomic mass is 19.2. The highest BCUT2D eigenvalue weighted by Crippen LogP contribution is 2.45. The van der Waals surface area contributed by atoms with E-state index in [0.29, 0.717) is 18.2 Å². The van der Waals surface area contributed by atoms with Crippen molar-refractivity contribution in [3.05, 3.63) is 100 Å². The molecule has 40 heavy (non-hydrogen) atoms. The Morgan fingerprint density at radius 1 is 0.800 bits per heavy atom. The van der Waals surface area contributed by atoms with E-state index in [0.717, 1.165) is 45.4 Å². The van der Waals surface area contributed by atoms with Crippen LogP contribution in [-0.2, 0) is 11.2 Å². The van der Waals surface area contributed by atoms with Crippen molar-refractivity contribution in [2.24, 2.45) is 0 Å². The molecule has 4 rings (SSSR count). The number of benzene rings is 4. The van der Waals surface area contributed by atoms with Crippen LogP contribution in [0.2, 0.25) is 0 Å². The van der Waals surface area contributed by atoms with E-state index in [1.54, 1.807) is 0 Å². The maximum atomic E-state index is 15.4. The van der Waals surface area contributed by atoms with Crippen LogP contribution in [0.4, 0.5) is 39.5 Å². The van der Waals surface area contributed by atoms with Crippen molar-refractivity contribution in [3.63, 3.8) is 0 Å². The van der Waals surface area contributed by atoms with Gasteiger partial charge in [0.1, 0.15) is 41.0 Å². The van der Waals surface area contributed by atoms with Gasteiger partial charge in [-0.15, -0.1) is 0 Å². The fraction of sp³-hybridized carbons (Fsp3) is 0.172. The molecule has 1 atom stereocenters. The smallest absolute Gasteiger partial charge is 0.198 e. The second-order valence-corrected chi connectivity index (χ2v) is 8.73. The molecule has 0 aliphatic carbocycles. The van der Waals surface area contributed by atoms with Crippen LogP contribution in [0, 0.1) is 40.7 Å². The van der Waals surface area contributed by atoms with E-state index in [-0.39, 0.29) is 22.3 Å². The van der Waals surface area contributed by atoms with E-state index < -0.39 is 86.6 Å². The minimum atomic E-state index is -2.29.